The number of benzene rings is 3. The van der Waals surface area contributed by atoms with E-state index in [1.165, 1.54) is 33.4 Å². The Morgan fingerprint density at radius 1 is 0.289 bits per heavy atom. The van der Waals surface area contributed by atoms with Crippen molar-refractivity contribution >= 4 is 33.1 Å². The Labute approximate surface area is 260 Å². The Hall–Kier alpha value is -5.13. The monoisotopic (exact) mass is 600 g/mol. The molecule has 4 heterocycles. The highest BCUT2D eigenvalue weighted by Gasteiger charge is 2.25. The minimum absolute atomic E-state index is 0.298. The maximum absolute atomic E-state index is 4.96. The molecule has 0 amide bonds. The molecule has 0 aliphatic carbocycles. The lowest BCUT2D eigenvalue weighted by Gasteiger charge is -2.14. The number of aromatic nitrogens is 12. The molecular formula is C33H36N12. The molecular weight excluding hydrogens is 564 g/mol. The van der Waals surface area contributed by atoms with Gasteiger partial charge in [-0.25, -0.2) is 0 Å². The van der Waals surface area contributed by atoms with Gasteiger partial charge in [0.05, 0.1) is 0 Å². The van der Waals surface area contributed by atoms with Gasteiger partial charge in [-0.3, -0.25) is 0 Å². The Morgan fingerprint density at radius 3 is 0.756 bits per heavy atom. The number of hydrogen-bond donors (Lipinski definition) is 0. The first-order chi connectivity index (χ1) is 21.3. The van der Waals surface area contributed by atoms with E-state index < -0.39 is 0 Å². The smallest absolute Gasteiger partial charge is 0.177 e. The Kier molecular flexibility index (Phi) is 6.16. The van der Waals surface area contributed by atoms with Crippen LogP contribution in [0.15, 0.2) is 0 Å². The molecule has 7 rings (SSSR count). The maximum atomic E-state index is 4.96. The zero-order valence-electron chi connectivity index (χ0n) is 27.9. The quantitative estimate of drug-likeness (QED) is 0.248. The van der Waals surface area contributed by atoms with E-state index in [0.717, 1.165) is 66.5 Å². The van der Waals surface area contributed by atoms with Crippen molar-refractivity contribution < 1.29 is 0 Å². The van der Waals surface area contributed by atoms with Gasteiger partial charge in [0.2, 0.25) is 0 Å². The van der Waals surface area contributed by atoms with Gasteiger partial charge in [0, 0.05) is 0 Å². The molecule has 0 radical (unpaired) electrons. The van der Waals surface area contributed by atoms with E-state index in [0.29, 0.717) is 17.8 Å². The average molecular weight is 601 g/mol. The zero-order chi connectivity index (χ0) is 32.2. The van der Waals surface area contributed by atoms with Crippen LogP contribution in [0.1, 0.15) is 66.8 Å². The second-order valence-corrected chi connectivity index (χ2v) is 12.3. The topological polar surface area (TPSA) is 131 Å². The highest BCUT2D eigenvalue weighted by atomic mass is 15.5. The lowest BCUT2D eigenvalue weighted by Crippen LogP contribution is -2.16. The van der Waals surface area contributed by atoms with Crippen molar-refractivity contribution in [2.24, 2.45) is 0 Å². The summed E-state index contributed by atoms with van der Waals surface area (Å²) in [5.74, 6) is 0.894. The van der Waals surface area contributed by atoms with E-state index in [-0.39, 0.29) is 0 Å². The molecule has 0 spiro atoms. The van der Waals surface area contributed by atoms with Gasteiger partial charge in [0.25, 0.3) is 17.8 Å². The molecule has 45 heavy (non-hydrogen) atoms. The van der Waals surface area contributed by atoms with Crippen molar-refractivity contribution in [3.8, 4) is 17.8 Å². The van der Waals surface area contributed by atoms with Gasteiger partial charge < -0.3 is 0 Å². The fraction of sp³-hybridized carbons (Fsp3) is 0.364. The molecule has 0 saturated carbocycles. The first-order valence-electron chi connectivity index (χ1n) is 15.1. The van der Waals surface area contributed by atoms with Crippen molar-refractivity contribution in [1.82, 2.24) is 59.9 Å². The normalized spacial score (nSPS) is 12.0. The van der Waals surface area contributed by atoms with Gasteiger partial charge in [0.15, 0.2) is 0 Å². The van der Waals surface area contributed by atoms with Crippen molar-refractivity contribution in [2.45, 2.75) is 83.1 Å². The van der Waals surface area contributed by atoms with Gasteiger partial charge in [0.1, 0.15) is 33.1 Å². The molecule has 0 unspecified atom stereocenters. The van der Waals surface area contributed by atoms with Crippen LogP contribution in [0.5, 0.6) is 0 Å². The van der Waals surface area contributed by atoms with Crippen LogP contribution in [0.4, 0.5) is 0 Å². The van der Waals surface area contributed by atoms with Crippen LogP contribution >= 0.6 is 0 Å². The third-order valence-electron chi connectivity index (χ3n) is 10.4. The molecule has 12 nitrogen and oxygen atoms in total. The Balaban J connectivity index is 1.59. The minimum atomic E-state index is 0.298. The molecule has 12 heteroatoms. The predicted molar refractivity (Wildman–Crippen MR) is 174 cm³/mol. The van der Waals surface area contributed by atoms with E-state index in [4.69, 9.17) is 15.0 Å². The van der Waals surface area contributed by atoms with Gasteiger partial charge in [-0.1, -0.05) is 15.6 Å². The molecule has 4 aromatic heterocycles. The van der Waals surface area contributed by atoms with E-state index >= 15 is 0 Å². The molecule has 0 bridgehead atoms. The molecule has 0 aliphatic heterocycles. The van der Waals surface area contributed by atoms with Crippen LogP contribution in [-0.4, -0.2) is 59.9 Å². The van der Waals surface area contributed by atoms with Crippen molar-refractivity contribution in [1.29, 1.82) is 0 Å². The van der Waals surface area contributed by atoms with Gasteiger partial charge in [-0.2, -0.15) is 29.0 Å². The van der Waals surface area contributed by atoms with Crippen LogP contribution in [0, 0.1) is 83.1 Å². The first kappa shape index (κ1) is 28.6. The van der Waals surface area contributed by atoms with Crippen LogP contribution in [0.25, 0.3) is 50.9 Å². The van der Waals surface area contributed by atoms with Crippen LogP contribution in [-0.2, 0) is 0 Å². The van der Waals surface area contributed by atoms with E-state index in [9.17, 15) is 0 Å². The SMILES string of the molecule is Cc1c(C)c(C)c2c(nnn2-c2nc(-n3nnc4c(C)c(C)c(C)c(C)c43)nc(-n3nnc4c(C)c(C)c(C)c(C)c43)n2)c1C. The summed E-state index contributed by atoms with van der Waals surface area (Å²) < 4.78 is 5.08. The van der Waals surface area contributed by atoms with Gasteiger partial charge in [-0.05, 0) is 150 Å². The summed E-state index contributed by atoms with van der Waals surface area (Å²) in [6, 6.07) is 0. The lowest BCUT2D eigenvalue weighted by molar-refractivity contribution is 0.689. The largest absolute Gasteiger partial charge is 0.259 e. The fourth-order valence-electron chi connectivity index (χ4n) is 6.41. The summed E-state index contributed by atoms with van der Waals surface area (Å²) in [6.45, 7) is 25.1. The van der Waals surface area contributed by atoms with Crippen LogP contribution in [0.2, 0.25) is 0 Å². The average Bonchev–Trinajstić information content (AvgIpc) is 3.79. The molecule has 7 aromatic rings. The summed E-state index contributed by atoms with van der Waals surface area (Å²) in [5, 5.41) is 27.5. The fourth-order valence-corrected chi connectivity index (χ4v) is 6.41. The Morgan fingerprint density at radius 2 is 0.511 bits per heavy atom. The lowest BCUT2D eigenvalue weighted by atomic mass is 9.97. The number of fused-ring (bicyclic) bond motifs is 3. The minimum Gasteiger partial charge on any atom is -0.177 e. The zero-order valence-corrected chi connectivity index (χ0v) is 27.9. The summed E-state index contributed by atoms with van der Waals surface area (Å²) in [4.78, 5) is 14.9. The number of nitrogens with zero attached hydrogens (tertiary/aromatic N) is 12. The molecule has 228 valence electrons. The molecule has 0 aliphatic rings. The molecule has 0 saturated heterocycles. The van der Waals surface area contributed by atoms with Gasteiger partial charge in [-0.15, -0.1) is 15.3 Å². The Bertz CT molecular complexity index is 2130. The standard InChI is InChI=1S/C33H36N12/c1-13-16(4)22(10)28-25(19(13)7)37-40-43(28)31-34-32(44-29-23(11)17(5)14(2)20(8)26(29)38-41-44)36-33(35-31)45-30-24(12)18(6)15(3)21(9)27(30)39-42-45/h1-12H3. The van der Waals surface area contributed by atoms with E-state index in [2.05, 4.69) is 114 Å². The highest BCUT2D eigenvalue weighted by Crippen LogP contribution is 2.32. The first-order valence-corrected chi connectivity index (χ1v) is 15.1. The number of aryl methyl sites for hydroxylation is 6. The number of hydrogen-bond acceptors (Lipinski definition) is 9. The molecule has 3 aromatic carbocycles. The summed E-state index contributed by atoms with van der Waals surface area (Å²) in [6.07, 6.45) is 0. The van der Waals surface area contributed by atoms with E-state index in [1.54, 1.807) is 14.0 Å². The second-order valence-electron chi connectivity index (χ2n) is 12.3. The summed E-state index contributed by atoms with van der Waals surface area (Å²) >= 11 is 0. The third kappa shape index (κ3) is 3.80. The van der Waals surface area contributed by atoms with E-state index in [1.807, 2.05) is 0 Å². The third-order valence-corrected chi connectivity index (χ3v) is 10.4. The maximum Gasteiger partial charge on any atom is 0.259 e. The van der Waals surface area contributed by atoms with Crippen molar-refractivity contribution in [2.75, 3.05) is 0 Å². The van der Waals surface area contributed by atoms with Gasteiger partial charge >= 0.3 is 0 Å². The molecule has 0 fully saturated rings. The second kappa shape index (κ2) is 9.68. The summed E-state index contributed by atoms with van der Waals surface area (Å²) in [7, 11) is 0. The summed E-state index contributed by atoms with van der Waals surface area (Å²) in [5.41, 5.74) is 18.5. The molecule has 0 atom stereocenters. The highest BCUT2D eigenvalue weighted by molar-refractivity contribution is 5.87. The predicted octanol–water partition coefficient (Wildman–Crippen LogP) is 5.77. The van der Waals surface area contributed by atoms with Crippen molar-refractivity contribution in [3.05, 3.63) is 66.8 Å². The van der Waals surface area contributed by atoms with Crippen LogP contribution in [0.3, 0.4) is 0 Å². The van der Waals surface area contributed by atoms with Crippen molar-refractivity contribution in [3.63, 3.8) is 0 Å². The molecule has 0 N–H and O–H groups in total. The number of rotatable bonds is 3. The van der Waals surface area contributed by atoms with Crippen LogP contribution < -0.4 is 0 Å².